The molecule has 14 heteroatoms. The van der Waals surface area contributed by atoms with Crippen molar-refractivity contribution >= 4 is 52.2 Å². The fraction of sp³-hybridized carbons (Fsp3) is 0.172. The molecule has 2 unspecified atom stereocenters. The van der Waals surface area contributed by atoms with Crippen LogP contribution in [0.15, 0.2) is 82.6 Å². The first kappa shape index (κ1) is 28.7. The van der Waals surface area contributed by atoms with Gasteiger partial charge in [0, 0.05) is 22.0 Å². The zero-order valence-electron chi connectivity index (χ0n) is 21.7. The molecule has 1 saturated heterocycles. The van der Waals surface area contributed by atoms with Crippen LogP contribution in [-0.2, 0) is 20.6 Å². The van der Waals surface area contributed by atoms with Crippen molar-refractivity contribution in [1.29, 1.82) is 0 Å². The standard InChI is InChI=1S/C29H19F4N3O5S2/c30-15-8-10-17(11-9-15)36-26(38)22-21(23-25(35-28(40)43-23)42-24(22)27(36)39)18-6-1-2-7-19(18)41-13-20(37)34-16-5-3-4-14(12-16)29(31,32)33/h1-12,21-22,24H,13H2,(H,34,37)(H,35,40)/t21-,22?,24?/m1/s1. The lowest BCUT2D eigenvalue weighted by Gasteiger charge is -2.30. The number of nitrogens with zero attached hydrogens (tertiary/aromatic N) is 1. The van der Waals surface area contributed by atoms with Crippen molar-refractivity contribution in [2.24, 2.45) is 5.92 Å². The Labute approximate surface area is 248 Å². The molecule has 0 saturated carbocycles. The number of ether oxygens (including phenoxy) is 1. The van der Waals surface area contributed by atoms with Gasteiger partial charge in [-0.15, -0.1) is 0 Å². The van der Waals surface area contributed by atoms with E-state index in [1.165, 1.54) is 24.3 Å². The van der Waals surface area contributed by atoms with Crippen molar-refractivity contribution in [3.8, 4) is 5.75 Å². The molecule has 1 aromatic heterocycles. The minimum absolute atomic E-state index is 0.0680. The topological polar surface area (TPSA) is 109 Å². The molecule has 1 fully saturated rings. The summed E-state index contributed by atoms with van der Waals surface area (Å²) in [6, 6.07) is 15.6. The van der Waals surface area contributed by atoms with Crippen LogP contribution < -0.4 is 19.8 Å². The number of rotatable bonds is 6. The first-order valence-electron chi connectivity index (χ1n) is 12.7. The lowest BCUT2D eigenvalue weighted by molar-refractivity contribution is -0.137. The summed E-state index contributed by atoms with van der Waals surface area (Å²) in [6.07, 6.45) is -4.58. The molecule has 0 spiro atoms. The van der Waals surface area contributed by atoms with E-state index in [0.29, 0.717) is 15.5 Å². The number of H-pyrrole nitrogens is 1. The van der Waals surface area contributed by atoms with Gasteiger partial charge in [0.15, 0.2) is 6.61 Å². The Morgan fingerprint density at radius 1 is 0.977 bits per heavy atom. The number of imide groups is 1. The van der Waals surface area contributed by atoms with E-state index in [4.69, 9.17) is 4.74 Å². The van der Waals surface area contributed by atoms with Crippen molar-refractivity contribution < 1.29 is 36.7 Å². The molecule has 43 heavy (non-hydrogen) atoms. The Morgan fingerprint density at radius 2 is 1.72 bits per heavy atom. The van der Waals surface area contributed by atoms with Crippen LogP contribution >= 0.6 is 23.1 Å². The third kappa shape index (κ3) is 5.43. The molecule has 0 aliphatic carbocycles. The molecule has 0 bridgehead atoms. The van der Waals surface area contributed by atoms with E-state index in [1.807, 2.05) is 0 Å². The Kier molecular flexibility index (Phi) is 7.34. The minimum Gasteiger partial charge on any atom is -0.483 e. The van der Waals surface area contributed by atoms with Crippen LogP contribution in [0.25, 0.3) is 0 Å². The second kappa shape index (κ2) is 11.0. The van der Waals surface area contributed by atoms with Crippen molar-refractivity contribution in [2.45, 2.75) is 22.4 Å². The van der Waals surface area contributed by atoms with Crippen molar-refractivity contribution in [1.82, 2.24) is 4.98 Å². The number of thiazole rings is 1. The number of hydrogen-bond acceptors (Lipinski definition) is 7. The van der Waals surface area contributed by atoms with Crippen molar-refractivity contribution in [3.63, 3.8) is 0 Å². The summed E-state index contributed by atoms with van der Waals surface area (Å²) in [4.78, 5) is 56.3. The fourth-order valence-electron chi connectivity index (χ4n) is 5.18. The lowest BCUT2D eigenvalue weighted by Crippen LogP contribution is -2.32. The van der Waals surface area contributed by atoms with E-state index in [1.54, 1.807) is 24.3 Å². The number of fused-ring (bicyclic) bond motifs is 2. The second-order valence-electron chi connectivity index (χ2n) is 9.69. The minimum atomic E-state index is -4.58. The molecule has 2 N–H and O–H groups in total. The Hall–Kier alpha value is -4.43. The van der Waals surface area contributed by atoms with Crippen LogP contribution in [0.4, 0.5) is 28.9 Å². The number of anilines is 2. The lowest BCUT2D eigenvalue weighted by atomic mass is 9.82. The number of alkyl halides is 3. The zero-order chi connectivity index (χ0) is 30.5. The van der Waals surface area contributed by atoms with Gasteiger partial charge in [-0.3, -0.25) is 19.2 Å². The molecular weight excluding hydrogens is 610 g/mol. The maximum absolute atomic E-state index is 13.8. The van der Waals surface area contributed by atoms with E-state index in [-0.39, 0.29) is 22.0 Å². The predicted molar refractivity (Wildman–Crippen MR) is 151 cm³/mol. The number of thioether (sulfide) groups is 1. The van der Waals surface area contributed by atoms with E-state index < -0.39 is 59.0 Å². The number of carbonyl (C=O) groups is 3. The molecule has 3 aromatic carbocycles. The molecule has 2 aliphatic rings. The summed E-state index contributed by atoms with van der Waals surface area (Å²) in [5.41, 5.74) is -0.351. The number of amides is 3. The summed E-state index contributed by atoms with van der Waals surface area (Å²) in [6.45, 7) is -0.576. The monoisotopic (exact) mass is 629 g/mol. The molecule has 4 aromatic rings. The van der Waals surface area contributed by atoms with Gasteiger partial charge in [-0.25, -0.2) is 9.29 Å². The van der Waals surface area contributed by atoms with Crippen LogP contribution in [0, 0.1) is 11.7 Å². The number of benzene rings is 3. The number of carbonyl (C=O) groups excluding carboxylic acids is 3. The molecule has 0 radical (unpaired) electrons. The average Bonchev–Trinajstić information content (AvgIpc) is 3.46. The second-order valence-corrected chi connectivity index (χ2v) is 11.9. The predicted octanol–water partition coefficient (Wildman–Crippen LogP) is 5.41. The van der Waals surface area contributed by atoms with E-state index in [9.17, 15) is 36.7 Å². The van der Waals surface area contributed by atoms with Crippen LogP contribution in [-0.4, -0.2) is 34.6 Å². The Balaban J connectivity index is 1.30. The van der Waals surface area contributed by atoms with Gasteiger partial charge in [-0.05, 0) is 48.5 Å². The summed E-state index contributed by atoms with van der Waals surface area (Å²) < 4.78 is 58.6. The van der Waals surface area contributed by atoms with Crippen LogP contribution in [0.2, 0.25) is 0 Å². The molecule has 6 rings (SSSR count). The summed E-state index contributed by atoms with van der Waals surface area (Å²) in [5.74, 6) is -3.90. The van der Waals surface area contributed by atoms with Gasteiger partial charge in [-0.2, -0.15) is 13.2 Å². The van der Waals surface area contributed by atoms with Crippen LogP contribution in [0.3, 0.4) is 0 Å². The molecule has 3 amide bonds. The van der Waals surface area contributed by atoms with Gasteiger partial charge in [0.1, 0.15) is 16.8 Å². The summed E-state index contributed by atoms with van der Waals surface area (Å²) >= 11 is 1.96. The highest BCUT2D eigenvalue weighted by molar-refractivity contribution is 8.00. The SMILES string of the molecule is O=C(COc1ccccc1[C@H]1c2sc(=O)[nH]c2SC2C(=O)N(c3ccc(F)cc3)C(=O)C21)Nc1cccc(C(F)(F)F)c1. The number of aromatic nitrogens is 1. The maximum atomic E-state index is 13.8. The highest BCUT2D eigenvalue weighted by atomic mass is 32.2. The van der Waals surface area contributed by atoms with Gasteiger partial charge < -0.3 is 15.0 Å². The quantitative estimate of drug-likeness (QED) is 0.218. The van der Waals surface area contributed by atoms with E-state index in [0.717, 1.165) is 52.3 Å². The highest BCUT2D eigenvalue weighted by Crippen LogP contribution is 2.54. The number of halogens is 4. The Bertz CT molecular complexity index is 1800. The zero-order valence-corrected chi connectivity index (χ0v) is 23.3. The molecule has 220 valence electrons. The van der Waals surface area contributed by atoms with Gasteiger partial charge >= 0.3 is 11.0 Å². The number of para-hydroxylation sites is 1. The normalized spacial score (nSPS) is 19.6. The molecule has 2 aliphatic heterocycles. The third-order valence-corrected chi connectivity index (χ3v) is 9.40. The largest absolute Gasteiger partial charge is 0.483 e. The molecule has 3 heterocycles. The first-order chi connectivity index (χ1) is 20.5. The van der Waals surface area contributed by atoms with Gasteiger partial charge in [-0.1, -0.05) is 47.4 Å². The smallest absolute Gasteiger partial charge is 0.416 e. The average molecular weight is 630 g/mol. The van der Waals surface area contributed by atoms with Crippen LogP contribution in [0.5, 0.6) is 5.75 Å². The van der Waals surface area contributed by atoms with Crippen LogP contribution in [0.1, 0.15) is 21.9 Å². The number of nitrogens with one attached hydrogen (secondary N) is 2. The van der Waals surface area contributed by atoms with E-state index in [2.05, 4.69) is 10.3 Å². The van der Waals surface area contributed by atoms with Gasteiger partial charge in [0.05, 0.1) is 22.2 Å². The van der Waals surface area contributed by atoms with Crippen molar-refractivity contribution in [2.75, 3.05) is 16.8 Å². The first-order valence-corrected chi connectivity index (χ1v) is 14.4. The number of hydrogen-bond donors (Lipinski definition) is 2. The third-order valence-electron chi connectivity index (χ3n) is 7.00. The molecule has 3 atom stereocenters. The molecular formula is C29H19F4N3O5S2. The number of aromatic amines is 1. The summed E-state index contributed by atoms with van der Waals surface area (Å²) in [5, 5.41) is 1.90. The Morgan fingerprint density at radius 3 is 2.47 bits per heavy atom. The van der Waals surface area contributed by atoms with Gasteiger partial charge in [0.25, 0.3) is 5.91 Å². The summed E-state index contributed by atoms with van der Waals surface area (Å²) in [7, 11) is 0. The maximum Gasteiger partial charge on any atom is 0.416 e. The highest BCUT2D eigenvalue weighted by Gasteiger charge is 2.56. The fourth-order valence-corrected chi connectivity index (χ4v) is 7.69. The van der Waals surface area contributed by atoms with E-state index >= 15 is 0 Å². The molecule has 8 nitrogen and oxygen atoms in total. The van der Waals surface area contributed by atoms with Gasteiger partial charge in [0.2, 0.25) is 11.8 Å². The van der Waals surface area contributed by atoms with Crippen molar-refractivity contribution in [3.05, 3.63) is 104 Å².